The van der Waals surface area contributed by atoms with Crippen LogP contribution in [0.3, 0.4) is 0 Å². The zero-order chi connectivity index (χ0) is 15.1. The molecule has 4 nitrogen and oxygen atoms in total. The summed E-state index contributed by atoms with van der Waals surface area (Å²) < 4.78 is 20.4. The van der Waals surface area contributed by atoms with E-state index >= 15 is 0 Å². The van der Waals surface area contributed by atoms with Crippen molar-refractivity contribution in [3.63, 3.8) is 0 Å². The van der Waals surface area contributed by atoms with Crippen LogP contribution < -0.4 is 0 Å². The second-order valence-electron chi connectivity index (χ2n) is 5.13. The maximum atomic E-state index is 5.24. The second-order valence-corrected chi connectivity index (χ2v) is 5.13. The van der Waals surface area contributed by atoms with Crippen molar-refractivity contribution in [3.8, 4) is 0 Å². The third-order valence-electron chi connectivity index (χ3n) is 3.60. The first kappa shape index (κ1) is 19.8. The van der Waals surface area contributed by atoms with Crippen LogP contribution in [0, 0.1) is 0 Å². The first-order valence-corrected chi connectivity index (χ1v) is 7.98. The van der Waals surface area contributed by atoms with Gasteiger partial charge in [0.25, 0.3) is 5.97 Å². The summed E-state index contributed by atoms with van der Waals surface area (Å²) in [7, 11) is 4.86. The summed E-state index contributed by atoms with van der Waals surface area (Å²) in [6.45, 7) is 4.24. The standard InChI is InChI=1S/C13H28O3.C3H6O/c1-5-6-7-8-9-10-11-12-13(14-2,15-3)16-4;1-2-4-3-1/h5-12H2,1-4H3;1-3H2. The van der Waals surface area contributed by atoms with Gasteiger partial charge in [0, 0.05) is 41.0 Å². The van der Waals surface area contributed by atoms with Crippen molar-refractivity contribution in [3.05, 3.63) is 0 Å². The molecule has 1 saturated heterocycles. The zero-order valence-electron chi connectivity index (χ0n) is 13.9. The minimum atomic E-state index is -0.830. The molecule has 0 bridgehead atoms. The number of rotatable bonds is 11. The topological polar surface area (TPSA) is 36.9 Å². The number of hydrogen-bond acceptors (Lipinski definition) is 4. The summed E-state index contributed by atoms with van der Waals surface area (Å²) in [5.74, 6) is -0.830. The molecular weight excluding hydrogens is 256 g/mol. The number of unbranched alkanes of at least 4 members (excludes halogenated alkanes) is 6. The van der Waals surface area contributed by atoms with Crippen LogP contribution >= 0.6 is 0 Å². The molecule has 0 spiro atoms. The summed E-state index contributed by atoms with van der Waals surface area (Å²) in [6.07, 6.45) is 11.0. The van der Waals surface area contributed by atoms with Crippen molar-refractivity contribution in [1.82, 2.24) is 0 Å². The number of methoxy groups -OCH3 is 3. The molecule has 0 atom stereocenters. The van der Waals surface area contributed by atoms with E-state index in [1.54, 1.807) is 21.3 Å². The fourth-order valence-corrected chi connectivity index (χ4v) is 2.00. The van der Waals surface area contributed by atoms with Gasteiger partial charge in [-0.05, 0) is 12.8 Å². The third kappa shape index (κ3) is 9.70. The van der Waals surface area contributed by atoms with Crippen molar-refractivity contribution in [2.45, 2.75) is 70.7 Å². The molecule has 0 unspecified atom stereocenters. The van der Waals surface area contributed by atoms with E-state index in [-0.39, 0.29) is 0 Å². The van der Waals surface area contributed by atoms with Crippen LogP contribution in [0.25, 0.3) is 0 Å². The molecule has 4 heteroatoms. The van der Waals surface area contributed by atoms with Crippen molar-refractivity contribution >= 4 is 0 Å². The normalized spacial score (nSPS) is 14.4. The lowest BCUT2D eigenvalue weighted by Crippen LogP contribution is -2.35. The van der Waals surface area contributed by atoms with Crippen molar-refractivity contribution in [1.29, 1.82) is 0 Å². The van der Waals surface area contributed by atoms with E-state index < -0.39 is 5.97 Å². The van der Waals surface area contributed by atoms with E-state index in [1.165, 1.54) is 44.9 Å². The Balaban J connectivity index is 0.000000760. The monoisotopic (exact) mass is 290 g/mol. The van der Waals surface area contributed by atoms with E-state index in [2.05, 4.69) is 6.92 Å². The molecule has 1 fully saturated rings. The average Bonchev–Trinajstić information content (AvgIpc) is 2.41. The molecule has 1 aliphatic rings. The smallest absolute Gasteiger partial charge is 0.282 e. The quantitative estimate of drug-likeness (QED) is 0.423. The second kappa shape index (κ2) is 13.8. The van der Waals surface area contributed by atoms with Crippen LogP contribution in [0.15, 0.2) is 0 Å². The molecule has 1 heterocycles. The third-order valence-corrected chi connectivity index (χ3v) is 3.60. The maximum absolute atomic E-state index is 5.24. The SMILES string of the molecule is C1COC1.CCCCCCCCCC(OC)(OC)OC. The molecule has 0 amide bonds. The van der Waals surface area contributed by atoms with Crippen LogP contribution in [0.4, 0.5) is 0 Å². The summed E-state index contributed by atoms with van der Waals surface area (Å²) in [4.78, 5) is 0. The predicted molar refractivity (Wildman–Crippen MR) is 81.8 cm³/mol. The molecule has 0 saturated carbocycles. The van der Waals surface area contributed by atoms with Crippen LogP contribution in [-0.2, 0) is 18.9 Å². The highest BCUT2D eigenvalue weighted by Crippen LogP contribution is 2.21. The summed E-state index contributed by atoms with van der Waals surface area (Å²) in [5, 5.41) is 0. The highest BCUT2D eigenvalue weighted by Gasteiger charge is 2.28. The minimum absolute atomic E-state index is 0.796. The Hall–Kier alpha value is -0.160. The fourth-order valence-electron chi connectivity index (χ4n) is 2.00. The van der Waals surface area contributed by atoms with Gasteiger partial charge < -0.3 is 18.9 Å². The lowest BCUT2D eigenvalue weighted by atomic mass is 10.1. The Kier molecular flexibility index (Phi) is 13.7. The van der Waals surface area contributed by atoms with Crippen LogP contribution in [-0.4, -0.2) is 40.5 Å². The van der Waals surface area contributed by atoms with Crippen LogP contribution in [0.5, 0.6) is 0 Å². The van der Waals surface area contributed by atoms with Crippen LogP contribution in [0.2, 0.25) is 0 Å². The molecule has 122 valence electrons. The van der Waals surface area contributed by atoms with E-state index in [0.29, 0.717) is 0 Å². The molecule has 0 N–H and O–H groups in total. The van der Waals surface area contributed by atoms with Crippen LogP contribution in [0.1, 0.15) is 64.7 Å². The Morgan fingerprint density at radius 1 is 0.800 bits per heavy atom. The lowest BCUT2D eigenvalue weighted by Gasteiger charge is -2.28. The van der Waals surface area contributed by atoms with Gasteiger partial charge in [0.1, 0.15) is 0 Å². The van der Waals surface area contributed by atoms with Gasteiger partial charge in [-0.15, -0.1) is 0 Å². The first-order valence-electron chi connectivity index (χ1n) is 7.98. The molecule has 0 aromatic carbocycles. The highest BCUT2D eigenvalue weighted by atomic mass is 16.9. The largest absolute Gasteiger partial charge is 0.381 e. The summed E-state index contributed by atoms with van der Waals surface area (Å²) in [5.41, 5.74) is 0. The molecule has 20 heavy (non-hydrogen) atoms. The van der Waals surface area contributed by atoms with Gasteiger partial charge in [-0.25, -0.2) is 0 Å². The molecule has 1 rings (SSSR count). The zero-order valence-corrected chi connectivity index (χ0v) is 13.9. The Labute approximate surface area is 125 Å². The maximum Gasteiger partial charge on any atom is 0.282 e. The van der Waals surface area contributed by atoms with E-state index in [4.69, 9.17) is 18.9 Å². The average molecular weight is 290 g/mol. The van der Waals surface area contributed by atoms with Crippen molar-refractivity contribution in [2.24, 2.45) is 0 Å². The Bertz CT molecular complexity index is 177. The molecular formula is C16H34O4. The van der Waals surface area contributed by atoms with Crippen molar-refractivity contribution in [2.75, 3.05) is 34.5 Å². The van der Waals surface area contributed by atoms with Gasteiger partial charge in [-0.1, -0.05) is 45.4 Å². The summed E-state index contributed by atoms with van der Waals surface area (Å²) >= 11 is 0. The molecule has 0 aromatic rings. The lowest BCUT2D eigenvalue weighted by molar-refractivity contribution is -0.355. The highest BCUT2D eigenvalue weighted by molar-refractivity contribution is 4.56. The van der Waals surface area contributed by atoms with Gasteiger partial charge in [-0.2, -0.15) is 0 Å². The van der Waals surface area contributed by atoms with E-state index in [9.17, 15) is 0 Å². The first-order chi connectivity index (χ1) is 9.74. The van der Waals surface area contributed by atoms with E-state index in [0.717, 1.165) is 26.1 Å². The number of hydrogen-bond donors (Lipinski definition) is 0. The van der Waals surface area contributed by atoms with E-state index in [1.807, 2.05) is 0 Å². The van der Waals surface area contributed by atoms with Gasteiger partial charge in [0.05, 0.1) is 0 Å². The molecule has 0 radical (unpaired) electrons. The Morgan fingerprint density at radius 2 is 1.20 bits per heavy atom. The minimum Gasteiger partial charge on any atom is -0.381 e. The number of ether oxygens (including phenoxy) is 4. The van der Waals surface area contributed by atoms with Gasteiger partial charge in [0.2, 0.25) is 0 Å². The van der Waals surface area contributed by atoms with Gasteiger partial charge in [0.15, 0.2) is 0 Å². The van der Waals surface area contributed by atoms with Gasteiger partial charge in [-0.3, -0.25) is 0 Å². The fraction of sp³-hybridized carbons (Fsp3) is 1.00. The molecule has 0 aliphatic carbocycles. The van der Waals surface area contributed by atoms with Gasteiger partial charge >= 0.3 is 0 Å². The molecule has 1 aliphatic heterocycles. The Morgan fingerprint density at radius 3 is 1.55 bits per heavy atom. The van der Waals surface area contributed by atoms with Crippen molar-refractivity contribution < 1.29 is 18.9 Å². The molecule has 0 aromatic heterocycles. The predicted octanol–water partition coefficient (Wildman–Crippen LogP) is 4.13. The summed E-state index contributed by atoms with van der Waals surface area (Å²) in [6, 6.07) is 0.